The highest BCUT2D eigenvalue weighted by atomic mass is 16.6. The van der Waals surface area contributed by atoms with Gasteiger partial charge in [0.15, 0.2) is 11.5 Å². The Kier molecular flexibility index (Phi) is 4.62. The van der Waals surface area contributed by atoms with Crippen LogP contribution < -0.4 is 9.47 Å². The van der Waals surface area contributed by atoms with Crippen molar-refractivity contribution >= 4 is 17.5 Å². The molecule has 2 aromatic carbocycles. The third kappa shape index (κ3) is 3.02. The molecule has 0 saturated heterocycles. The highest BCUT2D eigenvalue weighted by Gasteiger charge is 2.41. The van der Waals surface area contributed by atoms with Gasteiger partial charge in [-0.05, 0) is 24.3 Å². The number of imide groups is 1. The maximum Gasteiger partial charge on any atom is 0.282 e. The fourth-order valence-corrected chi connectivity index (χ4v) is 3.16. The monoisotopic (exact) mass is 410 g/mol. The third-order valence-electron chi connectivity index (χ3n) is 4.58. The third-order valence-corrected chi connectivity index (χ3v) is 4.58. The Bertz CT molecular complexity index is 1190. The summed E-state index contributed by atoms with van der Waals surface area (Å²) in [6.45, 7) is -0.316. The number of nitrogens with zero attached hydrogens (tertiary/aromatic N) is 4. The second-order valence-electron chi connectivity index (χ2n) is 6.23. The quantitative estimate of drug-likeness (QED) is 0.341. The number of nitro benzene ring substituents is 1. The Morgan fingerprint density at radius 2 is 1.87 bits per heavy atom. The van der Waals surface area contributed by atoms with Gasteiger partial charge in [0.05, 0.1) is 24.7 Å². The number of hydrogen-bond acceptors (Lipinski definition) is 9. The van der Waals surface area contributed by atoms with Gasteiger partial charge in [-0.15, -0.1) is 0 Å². The molecule has 3 aromatic rings. The number of amides is 2. The number of methoxy groups -OCH3 is 2. The van der Waals surface area contributed by atoms with Crippen molar-refractivity contribution in [3.05, 3.63) is 63.5 Å². The van der Waals surface area contributed by atoms with Crippen LogP contribution in [0.2, 0.25) is 0 Å². The fourth-order valence-electron chi connectivity index (χ4n) is 3.16. The molecule has 0 spiro atoms. The smallest absolute Gasteiger partial charge is 0.282 e. The van der Waals surface area contributed by atoms with Crippen LogP contribution in [0.1, 0.15) is 26.6 Å². The van der Waals surface area contributed by atoms with E-state index in [1.165, 1.54) is 32.4 Å². The molecule has 1 aliphatic rings. The number of fused-ring (bicyclic) bond motifs is 1. The SMILES string of the molecule is COc1ccc(-c2noc(CN3C(=O)c4cccc([N+](=O)[O-])c4C3=O)n2)cc1OC. The standard InChI is InChI=1S/C19H14N4O7/c1-28-13-7-6-10(8-14(13)29-2)17-20-15(30-21-17)9-22-18(24)11-4-3-5-12(23(26)27)16(11)19(22)25/h3-8H,9H2,1-2H3. The number of carbonyl (C=O) groups is 2. The zero-order valence-electron chi connectivity index (χ0n) is 15.8. The minimum Gasteiger partial charge on any atom is -0.493 e. The Labute approximate surface area is 169 Å². The van der Waals surface area contributed by atoms with Gasteiger partial charge in [0.25, 0.3) is 17.5 Å². The van der Waals surface area contributed by atoms with Crippen LogP contribution >= 0.6 is 0 Å². The van der Waals surface area contributed by atoms with Gasteiger partial charge in [0.1, 0.15) is 12.1 Å². The molecular formula is C19H14N4O7. The molecule has 1 aromatic heterocycles. The van der Waals surface area contributed by atoms with Gasteiger partial charge >= 0.3 is 0 Å². The summed E-state index contributed by atoms with van der Waals surface area (Å²) in [6.07, 6.45) is 0. The minimum atomic E-state index is -0.784. The molecule has 0 unspecified atom stereocenters. The van der Waals surface area contributed by atoms with Crippen LogP contribution in [-0.2, 0) is 6.54 Å². The topological polar surface area (TPSA) is 138 Å². The van der Waals surface area contributed by atoms with Crippen molar-refractivity contribution < 1.29 is 28.5 Å². The highest BCUT2D eigenvalue weighted by molar-refractivity contribution is 6.23. The Hall–Kier alpha value is -4.28. The molecule has 0 N–H and O–H groups in total. The van der Waals surface area contributed by atoms with Crippen molar-refractivity contribution in [3.8, 4) is 22.9 Å². The van der Waals surface area contributed by atoms with Crippen LogP contribution in [0.25, 0.3) is 11.4 Å². The van der Waals surface area contributed by atoms with Crippen LogP contribution in [0.5, 0.6) is 11.5 Å². The largest absolute Gasteiger partial charge is 0.493 e. The maximum absolute atomic E-state index is 12.6. The number of hydrogen-bond donors (Lipinski definition) is 0. The van der Waals surface area contributed by atoms with Crippen LogP contribution in [0.15, 0.2) is 40.9 Å². The molecule has 1 aliphatic heterocycles. The summed E-state index contributed by atoms with van der Waals surface area (Å²) in [5, 5.41) is 15.1. The zero-order valence-corrected chi connectivity index (χ0v) is 15.8. The normalized spacial score (nSPS) is 12.8. The number of carbonyl (C=O) groups excluding carboxylic acids is 2. The first-order chi connectivity index (χ1) is 14.4. The van der Waals surface area contributed by atoms with Crippen LogP contribution in [-0.4, -0.2) is 46.0 Å². The number of ether oxygens (including phenoxy) is 2. The lowest BCUT2D eigenvalue weighted by atomic mass is 10.1. The lowest BCUT2D eigenvalue weighted by molar-refractivity contribution is -0.385. The van der Waals surface area contributed by atoms with E-state index in [1.807, 2.05) is 0 Å². The number of aromatic nitrogens is 2. The molecular weight excluding hydrogens is 396 g/mol. The van der Waals surface area contributed by atoms with E-state index in [0.717, 1.165) is 4.90 Å². The summed E-state index contributed by atoms with van der Waals surface area (Å²) in [7, 11) is 3.00. The number of nitro groups is 1. The molecule has 0 saturated carbocycles. The highest BCUT2D eigenvalue weighted by Crippen LogP contribution is 2.33. The molecule has 4 rings (SSSR count). The lowest BCUT2D eigenvalue weighted by Crippen LogP contribution is -2.29. The van der Waals surface area contributed by atoms with Crippen molar-refractivity contribution in [3.63, 3.8) is 0 Å². The predicted octanol–water partition coefficient (Wildman–Crippen LogP) is 2.46. The summed E-state index contributed by atoms with van der Waals surface area (Å²) in [5.74, 6) is -0.241. The second-order valence-corrected chi connectivity index (χ2v) is 6.23. The molecule has 2 amide bonds. The summed E-state index contributed by atoms with van der Waals surface area (Å²) in [5.41, 5.74) is -0.133. The minimum absolute atomic E-state index is 0.00283. The molecule has 2 heterocycles. The number of benzene rings is 2. The van der Waals surface area contributed by atoms with E-state index in [0.29, 0.717) is 17.1 Å². The molecule has 0 aliphatic carbocycles. The van der Waals surface area contributed by atoms with Crippen LogP contribution in [0.3, 0.4) is 0 Å². The molecule has 0 atom stereocenters. The molecule has 152 valence electrons. The van der Waals surface area contributed by atoms with Crippen molar-refractivity contribution in [2.24, 2.45) is 0 Å². The van der Waals surface area contributed by atoms with E-state index >= 15 is 0 Å². The summed E-state index contributed by atoms with van der Waals surface area (Å²) >= 11 is 0. The van der Waals surface area contributed by atoms with E-state index in [2.05, 4.69) is 10.1 Å². The van der Waals surface area contributed by atoms with E-state index in [9.17, 15) is 19.7 Å². The Morgan fingerprint density at radius 1 is 1.10 bits per heavy atom. The summed E-state index contributed by atoms with van der Waals surface area (Å²) in [6, 6.07) is 8.92. The van der Waals surface area contributed by atoms with Crippen LogP contribution in [0, 0.1) is 10.1 Å². The van der Waals surface area contributed by atoms with E-state index in [1.54, 1.807) is 18.2 Å². The van der Waals surface area contributed by atoms with Crippen molar-refractivity contribution in [1.82, 2.24) is 15.0 Å². The average molecular weight is 410 g/mol. The van der Waals surface area contributed by atoms with Gasteiger partial charge in [-0.1, -0.05) is 11.2 Å². The van der Waals surface area contributed by atoms with E-state index in [4.69, 9.17) is 14.0 Å². The predicted molar refractivity (Wildman–Crippen MR) is 100 cm³/mol. The molecule has 30 heavy (non-hydrogen) atoms. The van der Waals surface area contributed by atoms with Gasteiger partial charge in [0.2, 0.25) is 11.7 Å². The molecule has 0 radical (unpaired) electrons. The average Bonchev–Trinajstić information content (AvgIpc) is 3.32. The second kappa shape index (κ2) is 7.28. The first-order valence-electron chi connectivity index (χ1n) is 8.63. The van der Waals surface area contributed by atoms with Gasteiger partial charge in [-0.25, -0.2) is 0 Å². The van der Waals surface area contributed by atoms with E-state index in [-0.39, 0.29) is 29.4 Å². The van der Waals surface area contributed by atoms with Gasteiger partial charge in [-0.2, -0.15) is 4.98 Å². The summed E-state index contributed by atoms with van der Waals surface area (Å²) < 4.78 is 15.6. The molecule has 0 bridgehead atoms. The Morgan fingerprint density at radius 3 is 2.57 bits per heavy atom. The van der Waals surface area contributed by atoms with Gasteiger partial charge in [0, 0.05) is 11.6 Å². The van der Waals surface area contributed by atoms with Crippen molar-refractivity contribution in [2.75, 3.05) is 14.2 Å². The maximum atomic E-state index is 12.6. The van der Waals surface area contributed by atoms with Gasteiger partial charge < -0.3 is 14.0 Å². The Balaban J connectivity index is 1.61. The van der Waals surface area contributed by atoms with E-state index < -0.39 is 22.4 Å². The van der Waals surface area contributed by atoms with Crippen LogP contribution in [0.4, 0.5) is 5.69 Å². The molecule has 0 fully saturated rings. The molecule has 11 nitrogen and oxygen atoms in total. The first-order valence-corrected chi connectivity index (χ1v) is 8.63. The summed E-state index contributed by atoms with van der Waals surface area (Å²) in [4.78, 5) is 40.8. The van der Waals surface area contributed by atoms with Gasteiger partial charge in [-0.3, -0.25) is 24.6 Å². The fraction of sp³-hybridized carbons (Fsp3) is 0.158. The number of rotatable bonds is 6. The molecule has 11 heteroatoms. The zero-order chi connectivity index (χ0) is 21.4. The lowest BCUT2D eigenvalue weighted by Gasteiger charge is -2.10. The van der Waals surface area contributed by atoms with Crippen molar-refractivity contribution in [2.45, 2.75) is 6.54 Å². The van der Waals surface area contributed by atoms with Crippen molar-refractivity contribution in [1.29, 1.82) is 0 Å². The first kappa shape index (κ1) is 19.1.